The van der Waals surface area contributed by atoms with Crippen molar-refractivity contribution in [1.29, 1.82) is 0 Å². The van der Waals surface area contributed by atoms with Crippen molar-refractivity contribution in [2.75, 3.05) is 26.2 Å². The van der Waals surface area contributed by atoms with Crippen LogP contribution in [0.1, 0.15) is 32.6 Å². The van der Waals surface area contributed by atoms with E-state index in [1.54, 1.807) is 35.4 Å². The van der Waals surface area contributed by atoms with E-state index >= 15 is 0 Å². The van der Waals surface area contributed by atoms with Crippen LogP contribution in [0.5, 0.6) is 0 Å². The molecule has 34 heavy (non-hydrogen) atoms. The largest absolute Gasteiger partial charge is 0.336 e. The van der Waals surface area contributed by atoms with Crippen LogP contribution in [0.4, 0.5) is 0 Å². The maximum absolute atomic E-state index is 13.1. The first-order valence-electron chi connectivity index (χ1n) is 11.3. The lowest BCUT2D eigenvalue weighted by molar-refractivity contribution is 0.0695. The lowest BCUT2D eigenvalue weighted by Gasteiger charge is -2.34. The molecule has 0 saturated carbocycles. The summed E-state index contributed by atoms with van der Waals surface area (Å²) in [6.07, 6.45) is 1.68. The first-order chi connectivity index (χ1) is 16.2. The Balaban J connectivity index is 1.47. The van der Waals surface area contributed by atoms with Gasteiger partial charge in [0.2, 0.25) is 10.0 Å². The monoisotopic (exact) mass is 479 g/mol. The summed E-state index contributed by atoms with van der Waals surface area (Å²) in [6, 6.07) is 16.2. The summed E-state index contributed by atoms with van der Waals surface area (Å²) in [4.78, 5) is 28.0. The van der Waals surface area contributed by atoms with Gasteiger partial charge in [-0.25, -0.2) is 8.42 Å². The zero-order valence-electron chi connectivity index (χ0n) is 19.7. The standard InChI is InChI=1S/C26H29N3O4S/c1-19-6-4-7-22(16-19)18-28-11-5-8-24(26(28)31)25(30)27-12-14-29(15-13-27)34(32,33)23-10-9-20(2)21(3)17-23/h4-11,16-17H,12-15,18H2,1-3H3. The van der Waals surface area contributed by atoms with Crippen LogP contribution >= 0.6 is 0 Å². The molecule has 2 aromatic carbocycles. The maximum Gasteiger partial charge on any atom is 0.263 e. The third kappa shape index (κ3) is 4.83. The van der Waals surface area contributed by atoms with Gasteiger partial charge in [0.15, 0.2) is 0 Å². The fraction of sp³-hybridized carbons (Fsp3) is 0.308. The smallest absolute Gasteiger partial charge is 0.263 e. The summed E-state index contributed by atoms with van der Waals surface area (Å²) in [7, 11) is -3.64. The first-order valence-corrected chi connectivity index (χ1v) is 12.7. The van der Waals surface area contributed by atoms with Crippen molar-refractivity contribution in [1.82, 2.24) is 13.8 Å². The number of aryl methyl sites for hydroxylation is 3. The van der Waals surface area contributed by atoms with E-state index in [1.807, 2.05) is 45.0 Å². The van der Waals surface area contributed by atoms with E-state index in [2.05, 4.69) is 0 Å². The van der Waals surface area contributed by atoms with E-state index in [0.29, 0.717) is 6.54 Å². The number of amides is 1. The first kappa shape index (κ1) is 23.9. The average Bonchev–Trinajstić information content (AvgIpc) is 2.82. The van der Waals surface area contributed by atoms with Crippen LogP contribution < -0.4 is 5.56 Å². The van der Waals surface area contributed by atoms with Crippen molar-refractivity contribution < 1.29 is 13.2 Å². The Labute approximate surface area is 200 Å². The van der Waals surface area contributed by atoms with Crippen molar-refractivity contribution in [3.63, 3.8) is 0 Å². The number of benzene rings is 2. The second-order valence-electron chi connectivity index (χ2n) is 8.79. The highest BCUT2D eigenvalue weighted by Gasteiger charge is 2.31. The molecular weight excluding hydrogens is 450 g/mol. The normalized spacial score (nSPS) is 14.9. The van der Waals surface area contributed by atoms with E-state index < -0.39 is 10.0 Å². The van der Waals surface area contributed by atoms with Gasteiger partial charge in [-0.2, -0.15) is 4.31 Å². The van der Waals surface area contributed by atoms with Crippen molar-refractivity contribution in [3.05, 3.63) is 99.0 Å². The minimum absolute atomic E-state index is 0.0978. The molecule has 8 heteroatoms. The van der Waals surface area contributed by atoms with E-state index in [1.165, 1.54) is 14.9 Å². The number of piperazine rings is 1. The molecule has 1 aliphatic heterocycles. The van der Waals surface area contributed by atoms with Gasteiger partial charge in [-0.15, -0.1) is 0 Å². The Morgan fingerprint density at radius 1 is 0.882 bits per heavy atom. The van der Waals surface area contributed by atoms with E-state index in [9.17, 15) is 18.0 Å². The summed E-state index contributed by atoms with van der Waals surface area (Å²) < 4.78 is 29.1. The molecule has 3 aromatic rings. The number of pyridine rings is 1. The second kappa shape index (κ2) is 9.56. The molecule has 0 spiro atoms. The Hall–Kier alpha value is -3.23. The van der Waals surface area contributed by atoms with Crippen molar-refractivity contribution in [2.45, 2.75) is 32.2 Å². The highest BCUT2D eigenvalue weighted by molar-refractivity contribution is 7.89. The third-order valence-electron chi connectivity index (χ3n) is 6.33. The van der Waals surface area contributed by atoms with Gasteiger partial charge in [0, 0.05) is 32.4 Å². The van der Waals surface area contributed by atoms with Gasteiger partial charge in [0.05, 0.1) is 11.4 Å². The van der Waals surface area contributed by atoms with Gasteiger partial charge in [-0.3, -0.25) is 9.59 Å². The Kier molecular flexibility index (Phi) is 6.72. The van der Waals surface area contributed by atoms with Gasteiger partial charge < -0.3 is 9.47 Å². The number of carbonyl (C=O) groups is 1. The van der Waals surface area contributed by atoms with Crippen LogP contribution in [0.15, 0.2) is 70.5 Å². The molecule has 1 fully saturated rings. The van der Waals surface area contributed by atoms with Crippen molar-refractivity contribution >= 4 is 15.9 Å². The summed E-state index contributed by atoms with van der Waals surface area (Å²) in [6.45, 7) is 7.03. The fourth-order valence-electron chi connectivity index (χ4n) is 4.16. The molecule has 2 heterocycles. The molecule has 1 amide bonds. The van der Waals surface area contributed by atoms with Crippen molar-refractivity contribution in [3.8, 4) is 0 Å². The van der Waals surface area contributed by atoms with Crippen LogP contribution in [0.3, 0.4) is 0 Å². The maximum atomic E-state index is 13.1. The van der Waals surface area contributed by atoms with E-state index in [0.717, 1.165) is 22.3 Å². The lowest BCUT2D eigenvalue weighted by Crippen LogP contribution is -2.51. The second-order valence-corrected chi connectivity index (χ2v) is 10.7. The number of carbonyl (C=O) groups excluding carboxylic acids is 1. The summed E-state index contributed by atoms with van der Waals surface area (Å²) in [5.41, 5.74) is 3.79. The lowest BCUT2D eigenvalue weighted by atomic mass is 10.1. The Morgan fingerprint density at radius 2 is 1.62 bits per heavy atom. The van der Waals surface area contributed by atoms with Gasteiger partial charge in [0.1, 0.15) is 5.56 Å². The molecule has 178 valence electrons. The molecule has 0 aliphatic carbocycles. The van der Waals surface area contributed by atoms with Gasteiger partial charge in [-0.05, 0) is 61.7 Å². The molecule has 1 saturated heterocycles. The molecule has 1 aromatic heterocycles. The van der Waals surface area contributed by atoms with E-state index in [4.69, 9.17) is 0 Å². The number of aromatic nitrogens is 1. The summed E-state index contributed by atoms with van der Waals surface area (Å²) >= 11 is 0. The molecule has 7 nitrogen and oxygen atoms in total. The van der Waals surface area contributed by atoms with Crippen LogP contribution in [0, 0.1) is 20.8 Å². The van der Waals surface area contributed by atoms with Crippen LogP contribution in [-0.2, 0) is 16.6 Å². The Bertz CT molecular complexity index is 1390. The minimum Gasteiger partial charge on any atom is -0.336 e. The number of sulfonamides is 1. The zero-order valence-corrected chi connectivity index (χ0v) is 20.5. The predicted octanol–water partition coefficient (Wildman–Crippen LogP) is 2.97. The van der Waals surface area contributed by atoms with Gasteiger partial charge in [-0.1, -0.05) is 35.9 Å². The number of rotatable bonds is 5. The summed E-state index contributed by atoms with van der Waals surface area (Å²) in [5, 5.41) is 0. The molecule has 0 atom stereocenters. The SMILES string of the molecule is Cc1cccc(Cn2cccc(C(=O)N3CCN(S(=O)(=O)c4ccc(C)c(C)c4)CC3)c2=O)c1. The van der Waals surface area contributed by atoms with Gasteiger partial charge in [0.25, 0.3) is 11.5 Å². The van der Waals surface area contributed by atoms with E-state index in [-0.39, 0.29) is 48.1 Å². The number of hydrogen-bond acceptors (Lipinski definition) is 4. The highest BCUT2D eigenvalue weighted by Crippen LogP contribution is 2.21. The summed E-state index contributed by atoms with van der Waals surface area (Å²) in [5.74, 6) is -0.369. The molecular formula is C26H29N3O4S. The average molecular weight is 480 g/mol. The molecule has 0 bridgehead atoms. The molecule has 0 N–H and O–H groups in total. The molecule has 1 aliphatic rings. The van der Waals surface area contributed by atoms with Crippen LogP contribution in [0.25, 0.3) is 0 Å². The molecule has 4 rings (SSSR count). The molecule has 0 unspecified atom stereocenters. The number of nitrogens with zero attached hydrogens (tertiary/aromatic N) is 3. The predicted molar refractivity (Wildman–Crippen MR) is 132 cm³/mol. The molecule has 0 radical (unpaired) electrons. The quantitative estimate of drug-likeness (QED) is 0.564. The zero-order chi connectivity index (χ0) is 24.5. The minimum atomic E-state index is -3.64. The fourth-order valence-corrected chi connectivity index (χ4v) is 5.66. The number of hydrogen-bond donors (Lipinski definition) is 0. The Morgan fingerprint density at radius 3 is 2.29 bits per heavy atom. The topological polar surface area (TPSA) is 79.7 Å². The van der Waals surface area contributed by atoms with Crippen LogP contribution in [-0.4, -0.2) is 54.3 Å². The third-order valence-corrected chi connectivity index (χ3v) is 8.22. The van der Waals surface area contributed by atoms with Crippen LogP contribution in [0.2, 0.25) is 0 Å². The van der Waals surface area contributed by atoms with Gasteiger partial charge >= 0.3 is 0 Å². The highest BCUT2D eigenvalue weighted by atomic mass is 32.2. The van der Waals surface area contributed by atoms with Crippen molar-refractivity contribution in [2.24, 2.45) is 0 Å².